The largest absolute Gasteiger partial charge is 0.493 e. The standard InChI is InChI=1S/C16H22O3/c1-14(2)10-16(17,15(3,4)19-14)12-7-5-6-11-8-9-18-13(11)12/h5-7,17H,8-10H2,1-4H3. The number of benzene rings is 1. The van der Waals surface area contributed by atoms with Crippen LogP contribution in [0.25, 0.3) is 0 Å². The van der Waals surface area contributed by atoms with Gasteiger partial charge in [-0.2, -0.15) is 0 Å². The number of fused-ring (bicyclic) bond motifs is 1. The third-order valence-corrected chi connectivity index (χ3v) is 4.37. The Labute approximate surface area is 114 Å². The summed E-state index contributed by atoms with van der Waals surface area (Å²) in [6, 6.07) is 6.04. The third-order valence-electron chi connectivity index (χ3n) is 4.37. The number of ether oxygens (including phenoxy) is 2. The summed E-state index contributed by atoms with van der Waals surface area (Å²) in [5, 5.41) is 11.3. The summed E-state index contributed by atoms with van der Waals surface area (Å²) in [5.74, 6) is 0.861. The highest BCUT2D eigenvalue weighted by atomic mass is 16.6. The summed E-state index contributed by atoms with van der Waals surface area (Å²) >= 11 is 0. The van der Waals surface area contributed by atoms with E-state index < -0.39 is 11.2 Å². The Bertz CT molecular complexity index is 519. The average molecular weight is 262 g/mol. The molecule has 1 aromatic rings. The second-order valence-electron chi connectivity index (χ2n) is 6.80. The fourth-order valence-corrected chi connectivity index (χ4v) is 3.60. The van der Waals surface area contributed by atoms with E-state index >= 15 is 0 Å². The van der Waals surface area contributed by atoms with Gasteiger partial charge < -0.3 is 14.6 Å². The zero-order valence-corrected chi connectivity index (χ0v) is 12.1. The van der Waals surface area contributed by atoms with Crippen LogP contribution in [0.1, 0.15) is 45.2 Å². The zero-order valence-electron chi connectivity index (χ0n) is 12.1. The van der Waals surface area contributed by atoms with Crippen molar-refractivity contribution in [1.82, 2.24) is 0 Å². The smallest absolute Gasteiger partial charge is 0.128 e. The van der Waals surface area contributed by atoms with E-state index in [0.717, 1.165) is 17.7 Å². The van der Waals surface area contributed by atoms with Gasteiger partial charge in [0, 0.05) is 18.4 Å². The lowest BCUT2D eigenvalue weighted by molar-refractivity contribution is -0.130. The Morgan fingerprint density at radius 3 is 2.53 bits per heavy atom. The van der Waals surface area contributed by atoms with Gasteiger partial charge in [0.2, 0.25) is 0 Å². The Morgan fingerprint density at radius 1 is 1.16 bits per heavy atom. The van der Waals surface area contributed by atoms with E-state index in [0.29, 0.717) is 13.0 Å². The molecule has 0 radical (unpaired) electrons. The first kappa shape index (κ1) is 12.9. The molecular weight excluding hydrogens is 240 g/mol. The number of rotatable bonds is 1. The first-order valence-electron chi connectivity index (χ1n) is 6.93. The van der Waals surface area contributed by atoms with Crippen LogP contribution in [-0.4, -0.2) is 22.9 Å². The van der Waals surface area contributed by atoms with Crippen molar-refractivity contribution in [2.45, 2.75) is 57.3 Å². The lowest BCUT2D eigenvalue weighted by atomic mass is 9.76. The molecule has 3 nitrogen and oxygen atoms in total. The molecule has 0 spiro atoms. The van der Waals surface area contributed by atoms with Crippen LogP contribution in [0.5, 0.6) is 5.75 Å². The van der Waals surface area contributed by atoms with Gasteiger partial charge in [0.05, 0.1) is 17.8 Å². The van der Waals surface area contributed by atoms with Gasteiger partial charge in [-0.1, -0.05) is 18.2 Å². The minimum Gasteiger partial charge on any atom is -0.493 e. The number of hydrogen-bond donors (Lipinski definition) is 1. The second-order valence-corrected chi connectivity index (χ2v) is 6.80. The lowest BCUT2D eigenvalue weighted by Crippen LogP contribution is -2.43. The molecule has 0 aromatic heterocycles. The summed E-state index contributed by atoms with van der Waals surface area (Å²) in [4.78, 5) is 0. The van der Waals surface area contributed by atoms with E-state index in [2.05, 4.69) is 6.07 Å². The first-order chi connectivity index (χ1) is 8.75. The van der Waals surface area contributed by atoms with Gasteiger partial charge >= 0.3 is 0 Å². The summed E-state index contributed by atoms with van der Waals surface area (Å²) < 4.78 is 11.8. The highest BCUT2D eigenvalue weighted by Crippen LogP contribution is 2.53. The van der Waals surface area contributed by atoms with Gasteiger partial charge in [-0.3, -0.25) is 0 Å². The van der Waals surface area contributed by atoms with Crippen molar-refractivity contribution < 1.29 is 14.6 Å². The summed E-state index contributed by atoms with van der Waals surface area (Å²) in [7, 11) is 0. The van der Waals surface area contributed by atoms with E-state index in [9.17, 15) is 5.11 Å². The van der Waals surface area contributed by atoms with Crippen LogP contribution in [0.4, 0.5) is 0 Å². The highest BCUT2D eigenvalue weighted by Gasteiger charge is 2.58. The van der Waals surface area contributed by atoms with Gasteiger partial charge in [0.15, 0.2) is 0 Å². The van der Waals surface area contributed by atoms with Crippen molar-refractivity contribution in [2.75, 3.05) is 6.61 Å². The van der Waals surface area contributed by atoms with E-state index in [1.807, 2.05) is 39.8 Å². The van der Waals surface area contributed by atoms with Crippen molar-refractivity contribution in [1.29, 1.82) is 0 Å². The van der Waals surface area contributed by atoms with Gasteiger partial charge in [-0.15, -0.1) is 0 Å². The maximum atomic E-state index is 11.3. The van der Waals surface area contributed by atoms with Crippen LogP contribution in [0, 0.1) is 0 Å². The monoisotopic (exact) mass is 262 g/mol. The van der Waals surface area contributed by atoms with Gasteiger partial charge in [-0.05, 0) is 33.3 Å². The third kappa shape index (κ3) is 1.79. The molecule has 0 amide bonds. The van der Waals surface area contributed by atoms with Crippen LogP contribution < -0.4 is 4.74 Å². The molecular formula is C16H22O3. The van der Waals surface area contributed by atoms with Gasteiger partial charge in [0.25, 0.3) is 0 Å². The van der Waals surface area contributed by atoms with Gasteiger partial charge in [-0.25, -0.2) is 0 Å². The van der Waals surface area contributed by atoms with Crippen molar-refractivity contribution in [3.63, 3.8) is 0 Å². The Morgan fingerprint density at radius 2 is 1.89 bits per heavy atom. The van der Waals surface area contributed by atoms with Crippen molar-refractivity contribution in [3.8, 4) is 5.75 Å². The van der Waals surface area contributed by atoms with E-state index in [4.69, 9.17) is 9.47 Å². The summed E-state index contributed by atoms with van der Waals surface area (Å²) in [6.45, 7) is 8.66. The zero-order chi connectivity index (χ0) is 13.9. The molecule has 0 bridgehead atoms. The summed E-state index contributed by atoms with van der Waals surface area (Å²) in [5.41, 5.74) is 0.0908. The summed E-state index contributed by atoms with van der Waals surface area (Å²) in [6.07, 6.45) is 1.50. The van der Waals surface area contributed by atoms with Gasteiger partial charge in [0.1, 0.15) is 11.4 Å². The molecule has 1 atom stereocenters. The molecule has 3 heteroatoms. The molecule has 0 saturated carbocycles. The van der Waals surface area contributed by atoms with E-state index in [1.165, 1.54) is 5.56 Å². The molecule has 104 valence electrons. The molecule has 2 aliphatic rings. The molecule has 0 aliphatic carbocycles. The average Bonchev–Trinajstić information content (AvgIpc) is 2.78. The number of para-hydroxylation sites is 1. The molecule has 1 aromatic carbocycles. The fraction of sp³-hybridized carbons (Fsp3) is 0.625. The number of hydrogen-bond acceptors (Lipinski definition) is 3. The second kappa shape index (κ2) is 3.74. The normalized spacial score (nSPS) is 31.0. The van der Waals surface area contributed by atoms with Crippen molar-refractivity contribution in [2.24, 2.45) is 0 Å². The number of aliphatic hydroxyl groups is 1. The van der Waals surface area contributed by atoms with Crippen LogP contribution in [0.15, 0.2) is 18.2 Å². The predicted octanol–water partition coefficient (Wildman–Crippen LogP) is 2.79. The highest BCUT2D eigenvalue weighted by molar-refractivity contribution is 5.48. The molecule has 19 heavy (non-hydrogen) atoms. The lowest BCUT2D eigenvalue weighted by Gasteiger charge is -2.36. The topological polar surface area (TPSA) is 38.7 Å². The fourth-order valence-electron chi connectivity index (χ4n) is 3.60. The first-order valence-corrected chi connectivity index (χ1v) is 6.93. The molecule has 3 rings (SSSR count). The minimum absolute atomic E-state index is 0.334. The van der Waals surface area contributed by atoms with Crippen LogP contribution >= 0.6 is 0 Å². The van der Waals surface area contributed by atoms with E-state index in [-0.39, 0.29) is 5.60 Å². The van der Waals surface area contributed by atoms with Crippen LogP contribution in [0.3, 0.4) is 0 Å². The molecule has 2 aliphatic heterocycles. The Hall–Kier alpha value is -1.06. The molecule has 1 N–H and O–H groups in total. The molecule has 1 fully saturated rings. The van der Waals surface area contributed by atoms with Crippen LogP contribution in [0.2, 0.25) is 0 Å². The predicted molar refractivity (Wildman–Crippen MR) is 73.4 cm³/mol. The minimum atomic E-state index is -1.01. The SMILES string of the molecule is CC1(C)CC(O)(c2cccc3c2OCC3)C(C)(C)O1. The van der Waals surface area contributed by atoms with Crippen molar-refractivity contribution in [3.05, 3.63) is 29.3 Å². The molecule has 2 heterocycles. The Balaban J connectivity index is 2.14. The molecule has 1 saturated heterocycles. The maximum Gasteiger partial charge on any atom is 0.128 e. The van der Waals surface area contributed by atoms with Crippen molar-refractivity contribution >= 4 is 0 Å². The Kier molecular flexibility index (Phi) is 2.55. The molecule has 1 unspecified atom stereocenters. The van der Waals surface area contributed by atoms with E-state index in [1.54, 1.807) is 0 Å². The van der Waals surface area contributed by atoms with Crippen LogP contribution in [-0.2, 0) is 16.8 Å². The quantitative estimate of drug-likeness (QED) is 0.846. The maximum absolute atomic E-state index is 11.3.